The normalized spacial score (nSPS) is 20.0. The van der Waals surface area contributed by atoms with Crippen molar-refractivity contribution < 1.29 is 14.6 Å². The molecule has 1 N–H and O–H groups in total. The Morgan fingerprint density at radius 1 is 1.11 bits per heavy atom. The Balaban J connectivity index is 1.58. The zero-order valence-electron chi connectivity index (χ0n) is 15.3. The molecule has 0 fully saturated rings. The number of phenols is 1. The summed E-state index contributed by atoms with van der Waals surface area (Å²) in [5, 5.41) is 16.8. The molecule has 3 aromatic rings. The molecule has 0 bridgehead atoms. The number of aromatic nitrogens is 1. The summed E-state index contributed by atoms with van der Waals surface area (Å²) in [5.74, 6) is 1.43. The van der Waals surface area contributed by atoms with E-state index in [4.69, 9.17) is 14.6 Å². The minimum absolute atomic E-state index is 0.0814. The molecule has 1 aromatic heterocycles. The first-order valence-electron chi connectivity index (χ1n) is 9.13. The highest BCUT2D eigenvalue weighted by Gasteiger charge is 2.40. The molecule has 2 aromatic carbocycles. The fourth-order valence-electron chi connectivity index (χ4n) is 3.81. The third kappa shape index (κ3) is 2.65. The lowest BCUT2D eigenvalue weighted by molar-refractivity contribution is -0.0190. The van der Waals surface area contributed by atoms with E-state index in [0.29, 0.717) is 5.75 Å². The van der Waals surface area contributed by atoms with E-state index in [9.17, 15) is 5.11 Å². The van der Waals surface area contributed by atoms with E-state index in [0.717, 1.165) is 34.6 Å². The Kier molecular flexibility index (Phi) is 3.90. The lowest BCUT2D eigenvalue weighted by Gasteiger charge is -2.38. The molecular weight excluding hydrogens is 354 g/mol. The maximum atomic E-state index is 9.90. The second-order valence-electron chi connectivity index (χ2n) is 6.82. The Hall–Kier alpha value is -3.54. The van der Waals surface area contributed by atoms with Gasteiger partial charge in [-0.3, -0.25) is 4.98 Å². The number of hydrogen-bond acceptors (Lipinski definition) is 6. The third-order valence-electron chi connectivity index (χ3n) is 5.20. The topological polar surface area (TPSA) is 67.2 Å². The molecule has 140 valence electrons. The fraction of sp³-hybridized carbons (Fsp3) is 0.182. The Morgan fingerprint density at radius 3 is 2.75 bits per heavy atom. The van der Waals surface area contributed by atoms with Crippen molar-refractivity contribution in [2.45, 2.75) is 18.7 Å². The lowest BCUT2D eigenvalue weighted by Crippen LogP contribution is -2.33. The zero-order chi connectivity index (χ0) is 19.1. The van der Waals surface area contributed by atoms with Gasteiger partial charge in [0.25, 0.3) is 0 Å². The number of aromatic hydroxyl groups is 1. The molecule has 5 rings (SSSR count). The van der Waals surface area contributed by atoms with Gasteiger partial charge in [-0.1, -0.05) is 18.2 Å². The van der Waals surface area contributed by atoms with Gasteiger partial charge >= 0.3 is 0 Å². The summed E-state index contributed by atoms with van der Waals surface area (Å²) in [6.07, 6.45) is 3.95. The van der Waals surface area contributed by atoms with Gasteiger partial charge in [0.05, 0.1) is 18.9 Å². The summed E-state index contributed by atoms with van der Waals surface area (Å²) in [7, 11) is 1.54. The summed E-state index contributed by atoms with van der Waals surface area (Å²) in [6, 6.07) is 17.4. The van der Waals surface area contributed by atoms with Gasteiger partial charge in [-0.15, -0.1) is 0 Å². The molecule has 6 nitrogen and oxygen atoms in total. The van der Waals surface area contributed by atoms with Crippen LogP contribution in [0, 0.1) is 0 Å². The molecule has 3 heterocycles. The van der Waals surface area contributed by atoms with Crippen molar-refractivity contribution in [3.8, 4) is 17.2 Å². The SMILES string of the molecule is COc1cc(C2=NN3[C@@H](C2)c2ccccc2O[C@H]3c2ccncc2)ccc1O. The number of benzene rings is 2. The van der Waals surface area contributed by atoms with Gasteiger partial charge in [0.1, 0.15) is 5.75 Å². The van der Waals surface area contributed by atoms with Crippen molar-refractivity contribution in [1.82, 2.24) is 9.99 Å². The number of fused-ring (bicyclic) bond motifs is 3. The predicted molar refractivity (Wildman–Crippen MR) is 104 cm³/mol. The molecule has 2 aliphatic heterocycles. The molecule has 0 aliphatic carbocycles. The van der Waals surface area contributed by atoms with Crippen LogP contribution in [0.2, 0.25) is 0 Å². The number of hydrazone groups is 1. The minimum atomic E-state index is -0.320. The van der Waals surface area contributed by atoms with Crippen LogP contribution >= 0.6 is 0 Å². The predicted octanol–water partition coefficient (Wildman–Crippen LogP) is 4.04. The minimum Gasteiger partial charge on any atom is -0.504 e. The molecule has 2 atom stereocenters. The van der Waals surface area contributed by atoms with Gasteiger partial charge in [-0.25, -0.2) is 5.01 Å². The molecule has 0 amide bonds. The second-order valence-corrected chi connectivity index (χ2v) is 6.82. The summed E-state index contributed by atoms with van der Waals surface area (Å²) < 4.78 is 11.6. The van der Waals surface area contributed by atoms with Crippen molar-refractivity contribution in [2.24, 2.45) is 5.10 Å². The first kappa shape index (κ1) is 16.6. The van der Waals surface area contributed by atoms with E-state index in [1.165, 1.54) is 0 Å². The van der Waals surface area contributed by atoms with E-state index in [1.54, 1.807) is 25.6 Å². The van der Waals surface area contributed by atoms with Crippen molar-refractivity contribution in [3.05, 3.63) is 83.7 Å². The van der Waals surface area contributed by atoms with Crippen LogP contribution in [0.1, 0.15) is 35.4 Å². The average Bonchev–Trinajstić information content (AvgIpc) is 3.20. The Morgan fingerprint density at radius 2 is 1.93 bits per heavy atom. The monoisotopic (exact) mass is 373 g/mol. The molecule has 2 aliphatic rings. The number of methoxy groups -OCH3 is 1. The van der Waals surface area contributed by atoms with Gasteiger partial charge in [0.2, 0.25) is 6.23 Å². The smallest absolute Gasteiger partial charge is 0.213 e. The largest absolute Gasteiger partial charge is 0.504 e. The molecule has 0 saturated heterocycles. The number of nitrogens with zero attached hydrogens (tertiary/aromatic N) is 3. The summed E-state index contributed by atoms with van der Waals surface area (Å²) in [4.78, 5) is 4.11. The van der Waals surface area contributed by atoms with Gasteiger partial charge in [-0.2, -0.15) is 5.10 Å². The van der Waals surface area contributed by atoms with Crippen LogP contribution in [0.3, 0.4) is 0 Å². The van der Waals surface area contributed by atoms with E-state index >= 15 is 0 Å². The number of rotatable bonds is 3. The van der Waals surface area contributed by atoms with Gasteiger partial charge in [-0.05, 0) is 36.4 Å². The first-order valence-corrected chi connectivity index (χ1v) is 9.13. The van der Waals surface area contributed by atoms with E-state index in [1.807, 2.05) is 47.5 Å². The Bertz CT molecular complexity index is 1050. The lowest BCUT2D eigenvalue weighted by atomic mass is 9.96. The summed E-state index contributed by atoms with van der Waals surface area (Å²) >= 11 is 0. The number of hydrogen-bond donors (Lipinski definition) is 1. The number of pyridine rings is 1. The summed E-state index contributed by atoms with van der Waals surface area (Å²) in [5.41, 5.74) is 3.98. The highest BCUT2D eigenvalue weighted by atomic mass is 16.5. The number of para-hydroxylation sites is 1. The quantitative estimate of drug-likeness (QED) is 0.751. The van der Waals surface area contributed by atoms with Crippen molar-refractivity contribution in [1.29, 1.82) is 0 Å². The van der Waals surface area contributed by atoms with E-state index < -0.39 is 0 Å². The molecule has 0 spiro atoms. The van der Waals surface area contributed by atoms with Crippen LogP contribution in [0.5, 0.6) is 17.2 Å². The van der Waals surface area contributed by atoms with Crippen LogP contribution in [-0.4, -0.2) is 27.9 Å². The maximum absolute atomic E-state index is 9.90. The highest BCUT2D eigenvalue weighted by molar-refractivity contribution is 6.02. The van der Waals surface area contributed by atoms with Gasteiger partial charge in [0, 0.05) is 35.5 Å². The average molecular weight is 373 g/mol. The van der Waals surface area contributed by atoms with Gasteiger partial charge < -0.3 is 14.6 Å². The van der Waals surface area contributed by atoms with Crippen molar-refractivity contribution >= 4 is 5.71 Å². The molecule has 0 radical (unpaired) electrons. The van der Waals surface area contributed by atoms with Crippen LogP contribution < -0.4 is 9.47 Å². The first-order chi connectivity index (χ1) is 13.7. The zero-order valence-corrected chi connectivity index (χ0v) is 15.3. The summed E-state index contributed by atoms with van der Waals surface area (Å²) in [6.45, 7) is 0. The van der Waals surface area contributed by atoms with Crippen LogP contribution in [-0.2, 0) is 0 Å². The Labute approximate surface area is 162 Å². The standard InChI is InChI=1S/C22H19N3O3/c1-27-21-12-15(6-7-19(21)26)17-13-18-16-4-2-3-5-20(16)28-22(25(18)24-17)14-8-10-23-11-9-14/h2-12,18,22,26H,13H2,1H3/t18-,22-/m0/s1. The van der Waals surface area contributed by atoms with Crippen molar-refractivity contribution in [3.63, 3.8) is 0 Å². The maximum Gasteiger partial charge on any atom is 0.213 e. The van der Waals surface area contributed by atoms with E-state index in [2.05, 4.69) is 11.1 Å². The van der Waals surface area contributed by atoms with Gasteiger partial charge in [0.15, 0.2) is 11.5 Å². The molecule has 0 unspecified atom stereocenters. The van der Waals surface area contributed by atoms with Crippen LogP contribution in [0.25, 0.3) is 0 Å². The molecule has 6 heteroatoms. The number of ether oxygens (including phenoxy) is 2. The fourth-order valence-corrected chi connectivity index (χ4v) is 3.81. The molecular formula is C22H19N3O3. The number of phenolic OH excluding ortho intramolecular Hbond substituents is 1. The molecule has 0 saturated carbocycles. The second kappa shape index (κ2) is 6.56. The van der Waals surface area contributed by atoms with E-state index in [-0.39, 0.29) is 18.0 Å². The van der Waals surface area contributed by atoms with Crippen molar-refractivity contribution in [2.75, 3.05) is 7.11 Å². The third-order valence-corrected chi connectivity index (χ3v) is 5.20. The highest BCUT2D eigenvalue weighted by Crippen LogP contribution is 2.47. The molecule has 28 heavy (non-hydrogen) atoms. The van der Waals surface area contributed by atoms with Crippen LogP contribution in [0.15, 0.2) is 72.1 Å². The van der Waals surface area contributed by atoms with Crippen LogP contribution in [0.4, 0.5) is 0 Å².